The molecule has 3 saturated heterocycles. The van der Waals surface area contributed by atoms with Crippen LogP contribution in [0, 0.1) is 11.8 Å². The molecule has 4 fully saturated rings. The van der Waals surface area contributed by atoms with E-state index in [-0.39, 0.29) is 46.6 Å². The summed E-state index contributed by atoms with van der Waals surface area (Å²) in [6.07, 6.45) is 12.2. The zero-order valence-electron chi connectivity index (χ0n) is 19.8. The van der Waals surface area contributed by atoms with E-state index in [1.807, 2.05) is 0 Å². The monoisotopic (exact) mass is 548 g/mol. The van der Waals surface area contributed by atoms with Crippen LogP contribution >= 0.6 is 0 Å². The molecule has 2 aromatic rings. The fraction of sp³-hybridized carbons (Fsp3) is 0.600. The van der Waals surface area contributed by atoms with Gasteiger partial charge in [0.25, 0.3) is 5.91 Å². The smallest absolute Gasteiger partial charge is 0.346 e. The number of hydrogen-bond donors (Lipinski definition) is 2. The summed E-state index contributed by atoms with van der Waals surface area (Å²) in [7, 11) is 0. The SMILES string of the molecule is O=C(C[N+]12CCC(CC1)C(OC(=O)[C@](O)(c1ccco1)C1CCCCC1)C2)Nc1cnccn1.[Br-]. The molecule has 35 heavy (non-hydrogen) atoms. The van der Waals surface area contributed by atoms with Crippen LogP contribution in [0.3, 0.4) is 0 Å². The van der Waals surface area contributed by atoms with Crippen LogP contribution in [0.1, 0.15) is 50.7 Å². The molecule has 1 amide bonds. The Labute approximate surface area is 215 Å². The highest BCUT2D eigenvalue weighted by atomic mass is 79.9. The Balaban J connectivity index is 0.00000289. The van der Waals surface area contributed by atoms with E-state index in [2.05, 4.69) is 15.3 Å². The number of carbonyl (C=O) groups excluding carboxylic acids is 2. The largest absolute Gasteiger partial charge is 1.00 e. The van der Waals surface area contributed by atoms with Crippen molar-refractivity contribution in [3.63, 3.8) is 0 Å². The van der Waals surface area contributed by atoms with Gasteiger partial charge in [-0.25, -0.2) is 9.78 Å². The summed E-state index contributed by atoms with van der Waals surface area (Å²) in [6.45, 7) is 2.61. The lowest BCUT2D eigenvalue weighted by atomic mass is 9.75. The minimum atomic E-state index is -1.77. The second-order valence-electron chi connectivity index (χ2n) is 10.1. The van der Waals surface area contributed by atoms with Crippen molar-refractivity contribution >= 4 is 17.7 Å². The number of halogens is 1. The van der Waals surface area contributed by atoms with Gasteiger partial charge in [0.15, 0.2) is 18.5 Å². The van der Waals surface area contributed by atoms with Crippen LogP contribution in [0.15, 0.2) is 41.4 Å². The number of fused-ring (bicyclic) bond motifs is 3. The van der Waals surface area contributed by atoms with Crippen molar-refractivity contribution in [1.82, 2.24) is 9.97 Å². The Kier molecular flexibility index (Phi) is 7.92. The number of furan rings is 1. The molecule has 2 aromatic heterocycles. The van der Waals surface area contributed by atoms with Gasteiger partial charge in [0, 0.05) is 37.1 Å². The molecule has 2 bridgehead atoms. The van der Waals surface area contributed by atoms with Gasteiger partial charge in [-0.05, 0) is 25.0 Å². The molecular formula is C25H33BrN4O5. The molecular weight excluding hydrogens is 516 g/mol. The number of carbonyl (C=O) groups is 2. The number of nitrogens with one attached hydrogen (secondary N) is 1. The number of aromatic nitrogens is 2. The van der Waals surface area contributed by atoms with E-state index in [1.54, 1.807) is 18.3 Å². The molecule has 9 nitrogen and oxygen atoms in total. The van der Waals surface area contributed by atoms with E-state index in [1.165, 1.54) is 18.7 Å². The molecule has 0 spiro atoms. The lowest BCUT2D eigenvalue weighted by Crippen LogP contribution is -3.00. The number of quaternary nitrogens is 1. The van der Waals surface area contributed by atoms with Crippen molar-refractivity contribution in [2.24, 2.45) is 11.8 Å². The topological polar surface area (TPSA) is 115 Å². The van der Waals surface area contributed by atoms with Gasteiger partial charge in [-0.2, -0.15) is 0 Å². The van der Waals surface area contributed by atoms with Crippen LogP contribution < -0.4 is 22.3 Å². The standard InChI is InChI=1S/C25H32N4O5.BrH/c30-23(28-22-15-26-10-11-27-22)17-29-12-8-18(9-13-29)20(16-29)34-24(31)25(32,21-7-4-14-33-21)19-5-2-1-3-6-19;/h4,7,10-11,14-15,18-20,32H,1-3,5-6,8-9,12-13,16-17H2;1H/t18?,20?,25-,29?;/m1./s1. The second kappa shape index (κ2) is 10.8. The third-order valence-corrected chi connectivity index (χ3v) is 8.01. The van der Waals surface area contributed by atoms with Crippen molar-refractivity contribution in [3.8, 4) is 0 Å². The molecule has 190 valence electrons. The highest BCUT2D eigenvalue weighted by Crippen LogP contribution is 2.42. The predicted octanol–water partition coefficient (Wildman–Crippen LogP) is -0.368. The number of anilines is 1. The molecule has 1 saturated carbocycles. The van der Waals surface area contributed by atoms with Crippen molar-refractivity contribution in [2.45, 2.75) is 56.7 Å². The minimum Gasteiger partial charge on any atom is -1.00 e. The summed E-state index contributed by atoms with van der Waals surface area (Å²) >= 11 is 0. The van der Waals surface area contributed by atoms with Crippen LogP contribution in [-0.4, -0.2) is 63.7 Å². The molecule has 6 rings (SSSR count). The summed E-state index contributed by atoms with van der Waals surface area (Å²) in [5.41, 5.74) is -1.77. The average molecular weight is 549 g/mol. The normalized spacial score (nSPS) is 27.9. The first-order valence-corrected chi connectivity index (χ1v) is 12.4. The van der Waals surface area contributed by atoms with E-state index in [0.717, 1.165) is 58.0 Å². The van der Waals surface area contributed by atoms with E-state index in [4.69, 9.17) is 9.15 Å². The average Bonchev–Trinajstić information content (AvgIpc) is 3.40. The summed E-state index contributed by atoms with van der Waals surface area (Å²) in [6, 6.07) is 3.36. The zero-order chi connectivity index (χ0) is 23.6. The van der Waals surface area contributed by atoms with Gasteiger partial charge in [-0.3, -0.25) is 9.78 Å². The number of ether oxygens (including phenoxy) is 1. The molecule has 0 radical (unpaired) electrons. The number of hydrogen-bond acceptors (Lipinski definition) is 7. The van der Waals surface area contributed by atoms with Gasteiger partial charge >= 0.3 is 5.97 Å². The number of aliphatic hydroxyl groups is 1. The first kappa shape index (κ1) is 25.8. The molecule has 5 heterocycles. The Morgan fingerprint density at radius 3 is 2.60 bits per heavy atom. The maximum Gasteiger partial charge on any atom is 0.346 e. The second-order valence-corrected chi connectivity index (χ2v) is 10.1. The molecule has 2 N–H and O–H groups in total. The van der Waals surface area contributed by atoms with Gasteiger partial charge < -0.3 is 41.0 Å². The fourth-order valence-corrected chi connectivity index (χ4v) is 6.14. The van der Waals surface area contributed by atoms with Gasteiger partial charge in [0.2, 0.25) is 5.60 Å². The van der Waals surface area contributed by atoms with Crippen LogP contribution in [0.4, 0.5) is 5.82 Å². The third kappa shape index (κ3) is 5.29. The Morgan fingerprint density at radius 2 is 1.94 bits per heavy atom. The molecule has 1 aliphatic carbocycles. The summed E-state index contributed by atoms with van der Waals surface area (Å²) < 4.78 is 12.2. The molecule has 1 unspecified atom stereocenters. The number of nitrogens with zero attached hydrogens (tertiary/aromatic N) is 3. The molecule has 3 aliphatic heterocycles. The van der Waals surface area contributed by atoms with E-state index in [0.29, 0.717) is 23.4 Å². The number of esters is 1. The lowest BCUT2D eigenvalue weighted by molar-refractivity contribution is -0.939. The summed E-state index contributed by atoms with van der Waals surface area (Å²) in [5, 5.41) is 14.5. The molecule has 10 heteroatoms. The number of amides is 1. The van der Waals surface area contributed by atoms with E-state index >= 15 is 0 Å². The van der Waals surface area contributed by atoms with Gasteiger partial charge in [-0.15, -0.1) is 0 Å². The number of piperidine rings is 3. The van der Waals surface area contributed by atoms with Crippen molar-refractivity contribution in [1.29, 1.82) is 0 Å². The van der Waals surface area contributed by atoms with Crippen LogP contribution in [0.5, 0.6) is 0 Å². The van der Waals surface area contributed by atoms with E-state index in [9.17, 15) is 14.7 Å². The van der Waals surface area contributed by atoms with Gasteiger partial charge in [-0.1, -0.05) is 19.3 Å². The molecule has 2 atom stereocenters. The number of rotatable bonds is 7. The maximum absolute atomic E-state index is 13.5. The Bertz CT molecular complexity index is 991. The first-order valence-electron chi connectivity index (χ1n) is 12.4. The Hall–Kier alpha value is -2.30. The maximum atomic E-state index is 13.5. The third-order valence-electron chi connectivity index (χ3n) is 8.01. The zero-order valence-corrected chi connectivity index (χ0v) is 21.4. The summed E-state index contributed by atoms with van der Waals surface area (Å²) in [4.78, 5) is 34.4. The van der Waals surface area contributed by atoms with Crippen LogP contribution in [-0.2, 0) is 19.9 Å². The Morgan fingerprint density at radius 1 is 1.17 bits per heavy atom. The van der Waals surface area contributed by atoms with Crippen molar-refractivity contribution in [3.05, 3.63) is 42.7 Å². The highest BCUT2D eigenvalue weighted by molar-refractivity contribution is 5.90. The van der Waals surface area contributed by atoms with Crippen LogP contribution in [0.25, 0.3) is 0 Å². The van der Waals surface area contributed by atoms with Crippen molar-refractivity contribution < 1.29 is 45.3 Å². The summed E-state index contributed by atoms with van der Waals surface area (Å²) in [5.74, 6) is -0.0222. The minimum absolute atomic E-state index is 0. The van der Waals surface area contributed by atoms with Crippen LogP contribution in [0.2, 0.25) is 0 Å². The molecule has 4 aliphatic rings. The first-order chi connectivity index (χ1) is 16.5. The van der Waals surface area contributed by atoms with Gasteiger partial charge in [0.05, 0.1) is 25.5 Å². The van der Waals surface area contributed by atoms with E-state index < -0.39 is 11.6 Å². The van der Waals surface area contributed by atoms with Crippen molar-refractivity contribution in [2.75, 3.05) is 31.5 Å². The predicted molar refractivity (Wildman–Crippen MR) is 122 cm³/mol. The quantitative estimate of drug-likeness (QED) is 0.358. The highest BCUT2D eigenvalue weighted by Gasteiger charge is 2.54. The fourth-order valence-electron chi connectivity index (χ4n) is 6.14. The lowest BCUT2D eigenvalue weighted by Gasteiger charge is -2.51. The molecule has 0 aromatic carbocycles. The van der Waals surface area contributed by atoms with Gasteiger partial charge in [0.1, 0.15) is 12.3 Å².